The highest BCUT2D eigenvalue weighted by Crippen LogP contribution is 2.45. The Hall–Kier alpha value is -1.94. The smallest absolute Gasteiger partial charge is 0.462 e. The fourth-order valence-corrected chi connectivity index (χ4v) is 14.7. The maximum Gasteiger partial charge on any atom is 0.472 e. The lowest BCUT2D eigenvalue weighted by atomic mass is 9.99. The first-order valence-corrected chi connectivity index (χ1v) is 46.7. The third kappa shape index (κ3) is 76.8. The van der Waals surface area contributed by atoms with Gasteiger partial charge in [0.1, 0.15) is 19.3 Å². The molecule has 3 unspecified atom stereocenters. The number of carbonyl (C=O) groups is 4. The van der Waals surface area contributed by atoms with Gasteiger partial charge in [0, 0.05) is 25.7 Å². The van der Waals surface area contributed by atoms with Gasteiger partial charge in [0.25, 0.3) is 0 Å². The van der Waals surface area contributed by atoms with E-state index in [1.807, 2.05) is 0 Å². The molecule has 0 aromatic heterocycles. The van der Waals surface area contributed by atoms with E-state index in [1.54, 1.807) is 0 Å². The van der Waals surface area contributed by atoms with Crippen LogP contribution < -0.4 is 0 Å². The minimum atomic E-state index is -4.97. The Morgan fingerprint density at radius 2 is 0.462 bits per heavy atom. The molecule has 19 heteroatoms. The van der Waals surface area contributed by atoms with Crippen molar-refractivity contribution < 1.29 is 80.2 Å². The van der Waals surface area contributed by atoms with Gasteiger partial charge in [-0.05, 0) is 49.4 Å². The average Bonchev–Trinajstić information content (AvgIpc) is 0.908. The Balaban J connectivity index is 5.19. The predicted molar refractivity (Wildman–Crippen MR) is 428 cm³/mol. The molecule has 0 bridgehead atoms. The Labute approximate surface area is 638 Å². The van der Waals surface area contributed by atoms with E-state index in [9.17, 15) is 43.2 Å². The van der Waals surface area contributed by atoms with E-state index in [4.69, 9.17) is 37.0 Å². The largest absolute Gasteiger partial charge is 0.472 e. The number of carbonyl (C=O) groups excluding carboxylic acids is 4. The van der Waals surface area contributed by atoms with E-state index < -0.39 is 97.5 Å². The lowest BCUT2D eigenvalue weighted by Gasteiger charge is -2.21. The van der Waals surface area contributed by atoms with Gasteiger partial charge in [0.2, 0.25) is 0 Å². The van der Waals surface area contributed by atoms with Gasteiger partial charge in [-0.3, -0.25) is 37.3 Å². The number of rotatable bonds is 82. The van der Waals surface area contributed by atoms with Crippen molar-refractivity contribution in [2.75, 3.05) is 39.6 Å². The van der Waals surface area contributed by atoms with Crippen molar-refractivity contribution >= 4 is 39.5 Å². The first-order valence-electron chi connectivity index (χ1n) is 43.7. The number of hydrogen-bond acceptors (Lipinski definition) is 15. The second kappa shape index (κ2) is 73.8. The van der Waals surface area contributed by atoms with Crippen LogP contribution in [0.2, 0.25) is 0 Å². The second-order valence-electron chi connectivity index (χ2n) is 32.2. The van der Waals surface area contributed by atoms with E-state index in [-0.39, 0.29) is 25.7 Å². The van der Waals surface area contributed by atoms with E-state index in [0.717, 1.165) is 114 Å². The minimum absolute atomic E-state index is 0.106. The highest BCUT2D eigenvalue weighted by atomic mass is 31.2. The van der Waals surface area contributed by atoms with Crippen LogP contribution in [0.3, 0.4) is 0 Å². The molecule has 0 radical (unpaired) electrons. The minimum Gasteiger partial charge on any atom is -0.462 e. The summed E-state index contributed by atoms with van der Waals surface area (Å²) < 4.78 is 68.8. The van der Waals surface area contributed by atoms with Crippen LogP contribution in [0.15, 0.2) is 0 Å². The zero-order valence-corrected chi connectivity index (χ0v) is 70.5. The number of phosphoric acid groups is 2. The lowest BCUT2D eigenvalue weighted by Crippen LogP contribution is -2.30. The van der Waals surface area contributed by atoms with Crippen LogP contribution in [0.1, 0.15) is 441 Å². The molecule has 6 atom stereocenters. The molecule has 0 saturated heterocycles. The number of ether oxygens (including phenoxy) is 4. The Morgan fingerprint density at radius 3 is 0.683 bits per heavy atom. The van der Waals surface area contributed by atoms with Crippen molar-refractivity contribution in [2.24, 2.45) is 23.7 Å². The molecule has 3 N–H and O–H groups in total. The number of hydrogen-bond donors (Lipinski definition) is 3. The van der Waals surface area contributed by atoms with E-state index >= 15 is 0 Å². The van der Waals surface area contributed by atoms with Gasteiger partial charge in [-0.2, -0.15) is 0 Å². The van der Waals surface area contributed by atoms with Crippen LogP contribution in [0, 0.1) is 23.7 Å². The number of aliphatic hydroxyl groups is 1. The van der Waals surface area contributed by atoms with Crippen molar-refractivity contribution in [2.45, 2.75) is 459 Å². The SMILES string of the molecule is CCC(C)CCCCCCCCCCCCCCCCCCCCC(=O)OC[C@H](COP(=O)(O)OC[C@@H](O)COP(=O)(O)OC[C@@H](COC(=O)CCCCCCCCC(C)C)OC(=O)CCCCCCCCCCCCCCCCC(C)C)OC(=O)CCCCCCCCCCCCCCCC(C)C. The molecule has 0 amide bonds. The Bertz CT molecular complexity index is 2030. The topological polar surface area (TPSA) is 237 Å². The summed E-state index contributed by atoms with van der Waals surface area (Å²) in [6.07, 6.45) is 62.6. The summed E-state index contributed by atoms with van der Waals surface area (Å²) in [6, 6.07) is 0. The molecule has 0 heterocycles. The summed E-state index contributed by atoms with van der Waals surface area (Å²) in [5.41, 5.74) is 0. The standard InChI is InChI=1S/C85H166O17P2/c1-9-78(8)64-56-48-39-33-27-21-14-12-10-11-13-15-22-28-34-40-49-57-65-82(87)95-71-80(101-84(89)68-60-52-42-36-30-24-18-20-26-32-38-46-54-62-76(4)5)73-99-103(91,92)97-69-79(86)70-98-104(93,94)100-74-81(72-96-83(88)66-58-50-44-43-47-55-63-77(6)7)102-85(90)67-59-51-41-35-29-23-17-16-19-25-31-37-45-53-61-75(2)3/h75-81,86H,9-74H2,1-8H3,(H,91,92)(H,93,94)/t78?,79-,80-,81-/m1/s1. The molecule has 0 aromatic carbocycles. The number of unbranched alkanes of at least 4 members (excludes halogenated alkanes) is 47. The quantitative estimate of drug-likeness (QED) is 0.0222. The first-order chi connectivity index (χ1) is 50.1. The summed E-state index contributed by atoms with van der Waals surface area (Å²) in [5, 5.41) is 10.7. The highest BCUT2D eigenvalue weighted by Gasteiger charge is 2.30. The monoisotopic (exact) mass is 1520 g/mol. The molecule has 0 saturated carbocycles. The van der Waals surface area contributed by atoms with Gasteiger partial charge < -0.3 is 33.8 Å². The summed E-state index contributed by atoms with van der Waals surface area (Å²) in [4.78, 5) is 73.1. The number of phosphoric ester groups is 2. The Kier molecular flexibility index (Phi) is 72.5. The molecule has 104 heavy (non-hydrogen) atoms. The third-order valence-corrected chi connectivity index (χ3v) is 22.1. The molecular weight excluding hydrogens is 1350 g/mol. The van der Waals surface area contributed by atoms with Crippen molar-refractivity contribution in [3.05, 3.63) is 0 Å². The van der Waals surface area contributed by atoms with E-state index in [2.05, 4.69) is 55.4 Å². The van der Waals surface area contributed by atoms with Crippen LogP contribution in [-0.4, -0.2) is 96.7 Å². The van der Waals surface area contributed by atoms with E-state index in [0.29, 0.717) is 31.6 Å². The van der Waals surface area contributed by atoms with Gasteiger partial charge in [-0.1, -0.05) is 389 Å². The lowest BCUT2D eigenvalue weighted by molar-refractivity contribution is -0.161. The summed E-state index contributed by atoms with van der Waals surface area (Å²) in [7, 11) is -9.93. The van der Waals surface area contributed by atoms with Crippen molar-refractivity contribution in [3.8, 4) is 0 Å². The zero-order chi connectivity index (χ0) is 76.7. The fraction of sp³-hybridized carbons (Fsp3) is 0.953. The maximum absolute atomic E-state index is 13.1. The molecule has 618 valence electrons. The molecular formula is C85H166O17P2. The highest BCUT2D eigenvalue weighted by molar-refractivity contribution is 7.47. The molecule has 0 aliphatic carbocycles. The summed E-state index contributed by atoms with van der Waals surface area (Å²) in [6.45, 7) is 14.3. The van der Waals surface area contributed by atoms with Crippen LogP contribution in [0.25, 0.3) is 0 Å². The summed E-state index contributed by atoms with van der Waals surface area (Å²) in [5.74, 6) is 1.02. The van der Waals surface area contributed by atoms with Crippen LogP contribution in [0.4, 0.5) is 0 Å². The van der Waals surface area contributed by atoms with Gasteiger partial charge >= 0.3 is 39.5 Å². The van der Waals surface area contributed by atoms with Crippen molar-refractivity contribution in [1.82, 2.24) is 0 Å². The molecule has 0 aliphatic rings. The molecule has 0 fully saturated rings. The molecule has 17 nitrogen and oxygen atoms in total. The molecule has 0 spiro atoms. The second-order valence-corrected chi connectivity index (χ2v) is 35.2. The van der Waals surface area contributed by atoms with Crippen LogP contribution >= 0.6 is 15.6 Å². The average molecular weight is 1520 g/mol. The normalized spacial score (nSPS) is 14.2. The number of esters is 4. The van der Waals surface area contributed by atoms with Gasteiger partial charge in [-0.25, -0.2) is 9.13 Å². The van der Waals surface area contributed by atoms with Gasteiger partial charge in [-0.15, -0.1) is 0 Å². The van der Waals surface area contributed by atoms with E-state index in [1.165, 1.54) is 238 Å². The van der Waals surface area contributed by atoms with Crippen molar-refractivity contribution in [3.63, 3.8) is 0 Å². The molecule has 0 rings (SSSR count). The van der Waals surface area contributed by atoms with Crippen LogP contribution in [-0.2, 0) is 65.4 Å². The molecule has 0 aliphatic heterocycles. The van der Waals surface area contributed by atoms with Gasteiger partial charge in [0.05, 0.1) is 26.4 Å². The van der Waals surface area contributed by atoms with Gasteiger partial charge in [0.15, 0.2) is 12.2 Å². The maximum atomic E-state index is 13.1. The van der Waals surface area contributed by atoms with Crippen molar-refractivity contribution in [1.29, 1.82) is 0 Å². The zero-order valence-electron chi connectivity index (χ0n) is 68.7. The first kappa shape index (κ1) is 102. The fourth-order valence-electron chi connectivity index (χ4n) is 13.1. The number of aliphatic hydroxyl groups excluding tert-OH is 1. The third-order valence-electron chi connectivity index (χ3n) is 20.2. The predicted octanol–water partition coefficient (Wildman–Crippen LogP) is 25.6. The van der Waals surface area contributed by atoms with Crippen LogP contribution in [0.5, 0.6) is 0 Å². The Morgan fingerprint density at radius 1 is 0.269 bits per heavy atom. The molecule has 0 aromatic rings. The summed E-state index contributed by atoms with van der Waals surface area (Å²) >= 11 is 0.